The van der Waals surface area contributed by atoms with Crippen molar-refractivity contribution in [3.05, 3.63) is 12.2 Å². The van der Waals surface area contributed by atoms with Gasteiger partial charge in [0.2, 0.25) is 0 Å². The molecule has 0 amide bonds. The van der Waals surface area contributed by atoms with Crippen molar-refractivity contribution in [3.8, 4) is 0 Å². The molecule has 3 rings (SSSR count). The molecule has 0 radical (unpaired) electrons. The maximum Gasteiger partial charge on any atom is 0.305 e. The number of rotatable bonds is 2. The molecule has 0 aliphatic heterocycles. The Morgan fingerprint density at radius 2 is 2.27 bits per heavy atom. The number of hydrogen-bond donors (Lipinski definition) is 0. The van der Waals surface area contributed by atoms with Crippen molar-refractivity contribution >= 4 is 5.97 Å². The average molecular weight is 206 g/mol. The first-order valence-corrected chi connectivity index (χ1v) is 6.15. The Morgan fingerprint density at radius 1 is 1.40 bits per heavy atom. The number of esters is 1. The van der Waals surface area contributed by atoms with E-state index in [-0.39, 0.29) is 12.1 Å². The van der Waals surface area contributed by atoms with Gasteiger partial charge in [0.05, 0.1) is 0 Å². The minimum Gasteiger partial charge on any atom is -0.462 e. The third kappa shape index (κ3) is 1.34. The average Bonchev–Trinajstić information content (AvgIpc) is 2.87. The van der Waals surface area contributed by atoms with E-state index in [0.29, 0.717) is 12.3 Å². The van der Waals surface area contributed by atoms with E-state index in [4.69, 9.17) is 4.74 Å². The summed E-state index contributed by atoms with van der Waals surface area (Å²) in [4.78, 5) is 11.3. The molecule has 0 saturated heterocycles. The maximum atomic E-state index is 11.3. The zero-order chi connectivity index (χ0) is 10.4. The zero-order valence-electron chi connectivity index (χ0n) is 9.19. The molecule has 15 heavy (non-hydrogen) atoms. The Balaban J connectivity index is 1.70. The summed E-state index contributed by atoms with van der Waals surface area (Å²) in [5.74, 6) is 3.04. The van der Waals surface area contributed by atoms with Crippen molar-refractivity contribution in [2.45, 2.75) is 38.7 Å². The third-order valence-electron chi connectivity index (χ3n) is 4.52. The van der Waals surface area contributed by atoms with Crippen LogP contribution < -0.4 is 0 Å². The number of allylic oxidation sites excluding steroid dienone is 2. The van der Waals surface area contributed by atoms with Gasteiger partial charge < -0.3 is 4.74 Å². The van der Waals surface area contributed by atoms with E-state index in [2.05, 4.69) is 12.2 Å². The van der Waals surface area contributed by atoms with E-state index in [1.165, 1.54) is 12.8 Å². The summed E-state index contributed by atoms with van der Waals surface area (Å²) in [7, 11) is 0. The van der Waals surface area contributed by atoms with Gasteiger partial charge in [0.25, 0.3) is 0 Å². The molecular weight excluding hydrogens is 188 g/mol. The largest absolute Gasteiger partial charge is 0.462 e. The summed E-state index contributed by atoms with van der Waals surface area (Å²) in [6.07, 6.45) is 9.10. The quantitative estimate of drug-likeness (QED) is 0.512. The second-order valence-corrected chi connectivity index (χ2v) is 5.18. The fourth-order valence-corrected chi connectivity index (χ4v) is 3.87. The predicted octanol–water partition coefficient (Wildman–Crippen LogP) is 2.54. The first-order valence-electron chi connectivity index (χ1n) is 6.15. The molecule has 0 spiro atoms. The summed E-state index contributed by atoms with van der Waals surface area (Å²) < 4.78 is 5.53. The van der Waals surface area contributed by atoms with Gasteiger partial charge >= 0.3 is 5.97 Å². The van der Waals surface area contributed by atoms with Crippen LogP contribution in [0.25, 0.3) is 0 Å². The van der Waals surface area contributed by atoms with E-state index in [0.717, 1.165) is 24.2 Å². The topological polar surface area (TPSA) is 26.3 Å². The van der Waals surface area contributed by atoms with E-state index in [1.807, 2.05) is 6.92 Å². The highest BCUT2D eigenvalue weighted by molar-refractivity contribution is 5.69. The summed E-state index contributed by atoms with van der Waals surface area (Å²) in [5.41, 5.74) is 0. The van der Waals surface area contributed by atoms with Crippen molar-refractivity contribution in [1.29, 1.82) is 0 Å². The molecule has 3 aliphatic carbocycles. The summed E-state index contributed by atoms with van der Waals surface area (Å²) >= 11 is 0. The molecule has 2 heteroatoms. The van der Waals surface area contributed by atoms with Gasteiger partial charge in [0, 0.05) is 12.3 Å². The molecule has 0 aromatic carbocycles. The first kappa shape index (κ1) is 9.44. The highest BCUT2D eigenvalue weighted by atomic mass is 16.5. The molecule has 0 aromatic rings. The lowest BCUT2D eigenvalue weighted by molar-refractivity contribution is -0.152. The summed E-state index contributed by atoms with van der Waals surface area (Å²) in [6.45, 7) is 1.87. The second kappa shape index (κ2) is 3.36. The minimum absolute atomic E-state index is 0.0222. The van der Waals surface area contributed by atoms with Gasteiger partial charge in [-0.3, -0.25) is 4.79 Å². The predicted molar refractivity (Wildman–Crippen MR) is 57.1 cm³/mol. The van der Waals surface area contributed by atoms with Crippen molar-refractivity contribution in [2.75, 3.05) is 0 Å². The SMILES string of the molecule is CCC(=O)O[C@H]1C[C@@H]2C[C@H]1[C@@H]1C=CC[C@@H]21. The van der Waals surface area contributed by atoms with Gasteiger partial charge in [0.15, 0.2) is 0 Å². The Kier molecular flexibility index (Phi) is 2.11. The van der Waals surface area contributed by atoms with Crippen LogP contribution >= 0.6 is 0 Å². The Labute approximate surface area is 90.7 Å². The van der Waals surface area contributed by atoms with Crippen LogP contribution in [0.1, 0.15) is 32.6 Å². The fourth-order valence-electron chi connectivity index (χ4n) is 3.87. The number of hydrogen-bond acceptors (Lipinski definition) is 2. The normalized spacial score (nSPS) is 45.8. The zero-order valence-corrected chi connectivity index (χ0v) is 9.19. The van der Waals surface area contributed by atoms with Gasteiger partial charge in [-0.05, 0) is 37.0 Å². The molecule has 0 unspecified atom stereocenters. The molecule has 0 aromatic heterocycles. The number of ether oxygens (including phenoxy) is 1. The highest BCUT2D eigenvalue weighted by Crippen LogP contribution is 2.57. The molecule has 2 saturated carbocycles. The van der Waals surface area contributed by atoms with Crippen LogP contribution in [-0.4, -0.2) is 12.1 Å². The molecule has 0 heterocycles. The number of carbonyl (C=O) groups excluding carboxylic acids is 1. The smallest absolute Gasteiger partial charge is 0.305 e. The van der Waals surface area contributed by atoms with E-state index in [9.17, 15) is 4.79 Å². The van der Waals surface area contributed by atoms with Crippen LogP contribution in [0.4, 0.5) is 0 Å². The molecule has 3 aliphatic rings. The molecule has 2 bridgehead atoms. The molecule has 2 nitrogen and oxygen atoms in total. The third-order valence-corrected chi connectivity index (χ3v) is 4.52. The van der Waals surface area contributed by atoms with Gasteiger partial charge in [-0.1, -0.05) is 19.1 Å². The van der Waals surface area contributed by atoms with Crippen LogP contribution in [0.15, 0.2) is 12.2 Å². The number of fused-ring (bicyclic) bond motifs is 5. The lowest BCUT2D eigenvalue weighted by Crippen LogP contribution is -2.31. The van der Waals surface area contributed by atoms with Crippen LogP contribution in [0, 0.1) is 23.7 Å². The van der Waals surface area contributed by atoms with Gasteiger partial charge in [0.1, 0.15) is 6.10 Å². The molecule has 82 valence electrons. The standard InChI is InChI=1S/C13H18O2/c1-2-13(14)15-12-7-8-6-11(12)10-5-3-4-9(8)10/h3,5,8-12H,2,4,6-7H2,1H3/t8-,9-,10+,11-,12-/m0/s1. The second-order valence-electron chi connectivity index (χ2n) is 5.18. The molecule has 5 atom stereocenters. The van der Waals surface area contributed by atoms with Crippen molar-refractivity contribution < 1.29 is 9.53 Å². The molecular formula is C13H18O2. The Bertz CT molecular complexity index is 308. The molecule has 0 N–H and O–H groups in total. The molecule has 2 fully saturated rings. The van der Waals surface area contributed by atoms with Gasteiger partial charge in [-0.15, -0.1) is 0 Å². The highest BCUT2D eigenvalue weighted by Gasteiger charge is 2.53. The van der Waals surface area contributed by atoms with E-state index >= 15 is 0 Å². The van der Waals surface area contributed by atoms with Crippen LogP contribution in [0.5, 0.6) is 0 Å². The maximum absolute atomic E-state index is 11.3. The van der Waals surface area contributed by atoms with Gasteiger partial charge in [-0.25, -0.2) is 0 Å². The van der Waals surface area contributed by atoms with Crippen molar-refractivity contribution in [2.24, 2.45) is 23.7 Å². The van der Waals surface area contributed by atoms with Gasteiger partial charge in [-0.2, -0.15) is 0 Å². The first-order chi connectivity index (χ1) is 7.29. The monoisotopic (exact) mass is 206 g/mol. The lowest BCUT2D eigenvalue weighted by Gasteiger charge is -2.30. The Hall–Kier alpha value is -0.790. The van der Waals surface area contributed by atoms with E-state index < -0.39 is 0 Å². The van der Waals surface area contributed by atoms with Crippen LogP contribution in [0.3, 0.4) is 0 Å². The van der Waals surface area contributed by atoms with Crippen LogP contribution in [-0.2, 0) is 9.53 Å². The summed E-state index contributed by atoms with van der Waals surface area (Å²) in [5, 5.41) is 0. The van der Waals surface area contributed by atoms with Crippen molar-refractivity contribution in [1.82, 2.24) is 0 Å². The summed E-state index contributed by atoms with van der Waals surface area (Å²) in [6, 6.07) is 0. The number of carbonyl (C=O) groups is 1. The minimum atomic E-state index is -0.0222. The van der Waals surface area contributed by atoms with Crippen LogP contribution in [0.2, 0.25) is 0 Å². The Morgan fingerprint density at radius 3 is 3.07 bits per heavy atom. The van der Waals surface area contributed by atoms with Crippen molar-refractivity contribution in [3.63, 3.8) is 0 Å². The lowest BCUT2D eigenvalue weighted by atomic mass is 9.80. The van der Waals surface area contributed by atoms with E-state index in [1.54, 1.807) is 0 Å². The fraction of sp³-hybridized carbons (Fsp3) is 0.769.